The summed E-state index contributed by atoms with van der Waals surface area (Å²) in [4.78, 5) is 14.9. The number of fused-ring (bicyclic) bond motifs is 4. The molecule has 5 rings (SSSR count). The van der Waals surface area contributed by atoms with Gasteiger partial charge in [0.05, 0.1) is 0 Å². The second-order valence-electron chi connectivity index (χ2n) is 7.39. The van der Waals surface area contributed by atoms with Crippen molar-refractivity contribution in [1.82, 2.24) is 4.90 Å². The molecular weight excluding hydrogens is 362 g/mol. The Hall–Kier alpha value is -2.93. The zero-order chi connectivity index (χ0) is 19.3. The lowest BCUT2D eigenvalue weighted by Gasteiger charge is -2.27. The Morgan fingerprint density at radius 1 is 1.00 bits per heavy atom. The second-order valence-corrected chi connectivity index (χ2v) is 7.39. The van der Waals surface area contributed by atoms with E-state index in [9.17, 15) is 4.79 Å². The van der Waals surface area contributed by atoms with Crippen LogP contribution < -0.4 is 18.9 Å². The summed E-state index contributed by atoms with van der Waals surface area (Å²) in [6.45, 7) is 1.21. The average Bonchev–Trinajstić information content (AvgIpc) is 3.33. The van der Waals surface area contributed by atoms with Gasteiger partial charge in [-0.3, -0.25) is 0 Å². The zero-order valence-corrected chi connectivity index (χ0v) is 15.8. The molecule has 2 aromatic carbocycles. The molecule has 0 spiro atoms. The van der Waals surface area contributed by atoms with Gasteiger partial charge in [-0.15, -0.1) is 0 Å². The standard InChI is InChI=1S/C21H21NO6/c1-22(2)6-5-12-7-17-18(26-10-25-17)9-14(12)16-8-13-3-4-15-20(27-11-24-15)19(13)21(23)28-16/h3-4,7,9,16H,5-6,8,10-11H2,1-2H3. The normalized spacial score (nSPS) is 19.0. The van der Waals surface area contributed by atoms with Gasteiger partial charge in [0.2, 0.25) is 13.6 Å². The summed E-state index contributed by atoms with van der Waals surface area (Å²) in [5.74, 6) is 2.12. The molecule has 146 valence electrons. The number of ether oxygens (including phenoxy) is 5. The number of likely N-dealkylation sites (N-methyl/N-ethyl adjacent to an activating group) is 1. The molecule has 7 nitrogen and oxygen atoms in total. The number of rotatable bonds is 4. The monoisotopic (exact) mass is 383 g/mol. The lowest BCUT2D eigenvalue weighted by Crippen LogP contribution is -2.24. The maximum atomic E-state index is 12.8. The second kappa shape index (κ2) is 6.60. The Morgan fingerprint density at radius 3 is 2.57 bits per heavy atom. The van der Waals surface area contributed by atoms with E-state index in [4.69, 9.17) is 23.7 Å². The number of benzene rings is 2. The molecule has 0 saturated heterocycles. The Morgan fingerprint density at radius 2 is 1.75 bits per heavy atom. The Labute approximate surface area is 162 Å². The van der Waals surface area contributed by atoms with Gasteiger partial charge in [0.15, 0.2) is 23.0 Å². The molecule has 1 unspecified atom stereocenters. The highest BCUT2D eigenvalue weighted by Gasteiger charge is 2.35. The fraction of sp³-hybridized carbons (Fsp3) is 0.381. The number of carbonyl (C=O) groups excluding carboxylic acids is 1. The quantitative estimate of drug-likeness (QED) is 0.752. The highest BCUT2D eigenvalue weighted by molar-refractivity contribution is 5.96. The number of nitrogens with zero attached hydrogens (tertiary/aromatic N) is 1. The van der Waals surface area contributed by atoms with Crippen molar-refractivity contribution in [2.45, 2.75) is 18.9 Å². The van der Waals surface area contributed by atoms with E-state index < -0.39 is 0 Å². The highest BCUT2D eigenvalue weighted by Crippen LogP contribution is 2.44. The van der Waals surface area contributed by atoms with Crippen molar-refractivity contribution >= 4 is 5.97 Å². The van der Waals surface area contributed by atoms with Gasteiger partial charge in [-0.25, -0.2) is 4.79 Å². The maximum absolute atomic E-state index is 12.8. The van der Waals surface area contributed by atoms with Gasteiger partial charge >= 0.3 is 5.97 Å². The van der Waals surface area contributed by atoms with E-state index in [0.29, 0.717) is 29.2 Å². The summed E-state index contributed by atoms with van der Waals surface area (Å²) >= 11 is 0. The van der Waals surface area contributed by atoms with E-state index in [1.165, 1.54) is 0 Å². The zero-order valence-electron chi connectivity index (χ0n) is 15.8. The highest BCUT2D eigenvalue weighted by atomic mass is 16.7. The molecule has 3 aliphatic rings. The van der Waals surface area contributed by atoms with E-state index in [0.717, 1.165) is 35.4 Å². The van der Waals surface area contributed by atoms with Gasteiger partial charge in [-0.2, -0.15) is 0 Å². The summed E-state index contributed by atoms with van der Waals surface area (Å²) in [6, 6.07) is 7.72. The van der Waals surface area contributed by atoms with Crippen LogP contribution in [-0.2, 0) is 17.6 Å². The molecule has 0 fully saturated rings. The first-order valence-electron chi connectivity index (χ1n) is 9.30. The van der Waals surface area contributed by atoms with Crippen LogP contribution in [0.5, 0.6) is 23.0 Å². The smallest absolute Gasteiger partial charge is 0.342 e. The molecule has 3 heterocycles. The summed E-state index contributed by atoms with van der Waals surface area (Å²) in [7, 11) is 4.07. The maximum Gasteiger partial charge on any atom is 0.342 e. The van der Waals surface area contributed by atoms with Crippen LogP contribution in [0, 0.1) is 0 Å². The first-order chi connectivity index (χ1) is 13.6. The summed E-state index contributed by atoms with van der Waals surface area (Å²) < 4.78 is 27.8. The van der Waals surface area contributed by atoms with Crippen LogP contribution in [0.15, 0.2) is 24.3 Å². The minimum atomic E-state index is -0.384. The van der Waals surface area contributed by atoms with Gasteiger partial charge in [0.25, 0.3) is 0 Å². The van der Waals surface area contributed by atoms with E-state index in [-0.39, 0.29) is 25.7 Å². The van der Waals surface area contributed by atoms with E-state index in [1.54, 1.807) is 0 Å². The van der Waals surface area contributed by atoms with Crippen LogP contribution in [0.2, 0.25) is 0 Å². The molecule has 0 aromatic heterocycles. The first kappa shape index (κ1) is 17.2. The van der Waals surface area contributed by atoms with Gasteiger partial charge < -0.3 is 28.6 Å². The summed E-state index contributed by atoms with van der Waals surface area (Å²) in [5.41, 5.74) is 3.44. The molecule has 0 aliphatic carbocycles. The van der Waals surface area contributed by atoms with Crippen LogP contribution >= 0.6 is 0 Å². The molecule has 28 heavy (non-hydrogen) atoms. The minimum Gasteiger partial charge on any atom is -0.454 e. The molecule has 0 amide bonds. The first-order valence-corrected chi connectivity index (χ1v) is 9.30. The number of esters is 1. The number of carbonyl (C=O) groups is 1. The van der Waals surface area contributed by atoms with E-state index >= 15 is 0 Å². The van der Waals surface area contributed by atoms with Gasteiger partial charge in [-0.1, -0.05) is 6.07 Å². The van der Waals surface area contributed by atoms with Gasteiger partial charge in [-0.05, 0) is 55.4 Å². The predicted octanol–water partition coefficient (Wildman–Crippen LogP) is 2.70. The summed E-state index contributed by atoms with van der Waals surface area (Å²) in [6.07, 6.45) is 1.01. The van der Waals surface area contributed by atoms with Crippen molar-refractivity contribution < 1.29 is 28.5 Å². The third kappa shape index (κ3) is 2.82. The molecule has 3 aliphatic heterocycles. The molecular formula is C21H21NO6. The Balaban J connectivity index is 1.52. The Kier molecular flexibility index (Phi) is 4.05. The van der Waals surface area contributed by atoms with Gasteiger partial charge in [0.1, 0.15) is 11.7 Å². The fourth-order valence-corrected chi connectivity index (χ4v) is 3.87. The van der Waals surface area contributed by atoms with Crippen LogP contribution in [0.4, 0.5) is 0 Å². The van der Waals surface area contributed by atoms with Crippen molar-refractivity contribution in [3.05, 3.63) is 46.5 Å². The van der Waals surface area contributed by atoms with E-state index in [1.807, 2.05) is 38.4 Å². The fourth-order valence-electron chi connectivity index (χ4n) is 3.87. The van der Waals surface area contributed by atoms with Crippen molar-refractivity contribution in [3.8, 4) is 23.0 Å². The third-order valence-corrected chi connectivity index (χ3v) is 5.29. The summed E-state index contributed by atoms with van der Waals surface area (Å²) in [5, 5.41) is 0. The number of hydrogen-bond acceptors (Lipinski definition) is 7. The van der Waals surface area contributed by atoms with Crippen molar-refractivity contribution in [1.29, 1.82) is 0 Å². The topological polar surface area (TPSA) is 66.5 Å². The molecule has 0 bridgehead atoms. The lowest BCUT2D eigenvalue weighted by molar-refractivity contribution is 0.0245. The molecule has 2 aromatic rings. The van der Waals surface area contributed by atoms with E-state index in [2.05, 4.69) is 4.90 Å². The SMILES string of the molecule is CN(C)CCc1cc2c(cc1C1Cc3ccc4c(c3C(=O)O1)OCO4)OCO2. The molecule has 7 heteroatoms. The largest absolute Gasteiger partial charge is 0.454 e. The van der Waals surface area contributed by atoms with Gasteiger partial charge in [0, 0.05) is 13.0 Å². The minimum absolute atomic E-state index is 0.124. The Bertz CT molecular complexity index is 954. The lowest BCUT2D eigenvalue weighted by atomic mass is 9.90. The van der Waals surface area contributed by atoms with Crippen molar-refractivity contribution in [2.24, 2.45) is 0 Å². The third-order valence-electron chi connectivity index (χ3n) is 5.29. The predicted molar refractivity (Wildman–Crippen MR) is 99.2 cm³/mol. The average molecular weight is 383 g/mol. The number of hydrogen-bond donors (Lipinski definition) is 0. The van der Waals surface area contributed by atoms with Crippen LogP contribution in [0.3, 0.4) is 0 Å². The molecule has 0 saturated carbocycles. The van der Waals surface area contributed by atoms with Crippen LogP contribution in [0.25, 0.3) is 0 Å². The number of cyclic esters (lactones) is 1. The van der Waals surface area contributed by atoms with Crippen LogP contribution in [0.1, 0.15) is 33.2 Å². The van der Waals surface area contributed by atoms with Crippen molar-refractivity contribution in [2.75, 3.05) is 34.2 Å². The molecule has 1 atom stereocenters. The van der Waals surface area contributed by atoms with Crippen molar-refractivity contribution in [3.63, 3.8) is 0 Å². The molecule has 0 N–H and O–H groups in total. The van der Waals surface area contributed by atoms with Crippen LogP contribution in [-0.4, -0.2) is 45.1 Å². The molecule has 0 radical (unpaired) electrons.